The molecule has 0 aliphatic carbocycles. The van der Waals surface area contributed by atoms with Gasteiger partial charge in [0.1, 0.15) is 12.3 Å². The highest BCUT2D eigenvalue weighted by Gasteiger charge is 2.16. The normalized spacial score (nSPS) is 10.4. The molecule has 110 valence electrons. The quantitative estimate of drug-likeness (QED) is 0.830. The Bertz CT molecular complexity index is 674. The number of Topliss-reactive ketones (excluding diaryl/α,β-unsaturated/α-hetero) is 1. The fourth-order valence-electron chi connectivity index (χ4n) is 2.04. The molecule has 2 rings (SSSR count). The predicted molar refractivity (Wildman–Crippen MR) is 81.8 cm³/mol. The Morgan fingerprint density at radius 2 is 1.90 bits per heavy atom. The molecule has 0 saturated heterocycles. The number of hydrogen-bond acceptors (Lipinski definition) is 3. The summed E-state index contributed by atoms with van der Waals surface area (Å²) in [6, 6.07) is 11.0. The van der Waals surface area contributed by atoms with Gasteiger partial charge in [-0.1, -0.05) is 44.2 Å². The first-order chi connectivity index (χ1) is 10.2. The number of ether oxygens (including phenoxy) is 1. The monoisotopic (exact) mass is 285 g/mol. The minimum atomic E-state index is -0.252. The number of aryl methyl sites for hydroxylation is 1. The van der Waals surface area contributed by atoms with Crippen LogP contribution in [-0.2, 0) is 13.0 Å². The summed E-state index contributed by atoms with van der Waals surface area (Å²) in [6.45, 7) is 3.95. The lowest BCUT2D eigenvalue weighted by molar-refractivity contribution is 0.0978. The summed E-state index contributed by atoms with van der Waals surface area (Å²) in [5.74, 6) is -0.00614. The molecule has 0 atom stereocenters. The summed E-state index contributed by atoms with van der Waals surface area (Å²) in [7, 11) is 0. The Kier molecular flexibility index (Phi) is 4.93. The number of pyridine rings is 1. The van der Waals surface area contributed by atoms with Gasteiger partial charge in [0.15, 0.2) is 11.5 Å². The number of aromatic nitrogens is 1. The molecule has 0 fully saturated rings. The number of nitrogens with one attached hydrogen (secondary N) is 1. The maximum Gasteiger partial charge on any atom is 0.224 e. The molecule has 0 aliphatic heterocycles. The number of hydrogen-bond donors (Lipinski definition) is 1. The minimum absolute atomic E-state index is 0.114. The second-order valence-electron chi connectivity index (χ2n) is 4.77. The molecule has 4 heteroatoms. The Balaban J connectivity index is 2.33. The topological polar surface area (TPSA) is 59.2 Å². The van der Waals surface area contributed by atoms with E-state index in [1.807, 2.05) is 37.3 Å². The van der Waals surface area contributed by atoms with E-state index < -0.39 is 0 Å². The molecule has 0 unspecified atom stereocenters. The Hall–Kier alpha value is -2.36. The van der Waals surface area contributed by atoms with Gasteiger partial charge in [0, 0.05) is 18.2 Å². The summed E-state index contributed by atoms with van der Waals surface area (Å²) in [5, 5.41) is 0. The smallest absolute Gasteiger partial charge is 0.224 e. The van der Waals surface area contributed by atoms with Gasteiger partial charge in [-0.3, -0.25) is 9.59 Å². The fraction of sp³-hybridized carbons (Fsp3) is 0.294. The average molecular weight is 285 g/mol. The summed E-state index contributed by atoms with van der Waals surface area (Å²) >= 11 is 0. The first kappa shape index (κ1) is 15.0. The molecule has 1 heterocycles. The number of ketones is 1. The number of aromatic amines is 1. The van der Waals surface area contributed by atoms with Gasteiger partial charge in [-0.2, -0.15) is 0 Å². The van der Waals surface area contributed by atoms with Crippen molar-refractivity contribution in [1.82, 2.24) is 4.98 Å². The van der Waals surface area contributed by atoms with Gasteiger partial charge in [-0.25, -0.2) is 0 Å². The minimum Gasteiger partial charge on any atom is -0.483 e. The van der Waals surface area contributed by atoms with Crippen molar-refractivity contribution in [3.63, 3.8) is 0 Å². The molecule has 0 radical (unpaired) electrons. The van der Waals surface area contributed by atoms with Crippen LogP contribution < -0.4 is 10.2 Å². The van der Waals surface area contributed by atoms with E-state index in [4.69, 9.17) is 4.74 Å². The van der Waals surface area contributed by atoms with Gasteiger partial charge in [0.25, 0.3) is 0 Å². The van der Waals surface area contributed by atoms with E-state index in [-0.39, 0.29) is 29.3 Å². The molecule has 4 nitrogen and oxygen atoms in total. The first-order valence-electron chi connectivity index (χ1n) is 7.11. The number of rotatable bonds is 6. The van der Waals surface area contributed by atoms with E-state index in [1.54, 1.807) is 6.92 Å². The van der Waals surface area contributed by atoms with Crippen LogP contribution in [0.2, 0.25) is 0 Å². The van der Waals surface area contributed by atoms with Crippen LogP contribution in [0.1, 0.15) is 42.0 Å². The van der Waals surface area contributed by atoms with Gasteiger partial charge >= 0.3 is 0 Å². The molecular weight excluding hydrogens is 266 g/mol. The van der Waals surface area contributed by atoms with E-state index in [9.17, 15) is 9.59 Å². The standard InChI is InChI=1S/C17H19NO3/c1-3-13-10-15(20)17(16(18-13)14(19)4-2)21-11-12-8-6-5-7-9-12/h5-10H,3-4,11H2,1-2H3,(H,18,20). The molecule has 0 aliphatic rings. The van der Waals surface area contributed by atoms with Crippen LogP contribution in [-0.4, -0.2) is 10.8 Å². The van der Waals surface area contributed by atoms with Crippen LogP contribution in [0.4, 0.5) is 0 Å². The Morgan fingerprint density at radius 3 is 2.52 bits per heavy atom. The van der Waals surface area contributed by atoms with Crippen LogP contribution in [0.25, 0.3) is 0 Å². The van der Waals surface area contributed by atoms with Gasteiger partial charge in [-0.05, 0) is 12.0 Å². The molecule has 1 aromatic carbocycles. The Morgan fingerprint density at radius 1 is 1.19 bits per heavy atom. The number of benzene rings is 1. The van der Waals surface area contributed by atoms with E-state index in [2.05, 4.69) is 4.98 Å². The summed E-state index contributed by atoms with van der Waals surface area (Å²) < 4.78 is 5.61. The largest absolute Gasteiger partial charge is 0.483 e. The lowest BCUT2D eigenvalue weighted by Crippen LogP contribution is -2.16. The van der Waals surface area contributed by atoms with Crippen molar-refractivity contribution in [1.29, 1.82) is 0 Å². The first-order valence-corrected chi connectivity index (χ1v) is 7.11. The predicted octanol–water partition coefficient (Wildman–Crippen LogP) is 3.11. The third kappa shape index (κ3) is 3.60. The molecular formula is C17H19NO3. The summed E-state index contributed by atoms with van der Waals surface area (Å²) in [4.78, 5) is 27.2. The Labute approximate surface area is 123 Å². The van der Waals surface area contributed by atoms with Crippen LogP contribution in [0.3, 0.4) is 0 Å². The highest BCUT2D eigenvalue weighted by molar-refractivity contribution is 5.96. The number of carbonyl (C=O) groups excluding carboxylic acids is 1. The van der Waals surface area contributed by atoms with Gasteiger partial charge in [0.05, 0.1) is 0 Å². The SMILES string of the molecule is CCC(=O)c1[nH]c(CC)cc(=O)c1OCc1ccccc1. The molecule has 0 bridgehead atoms. The maximum absolute atomic E-state index is 12.2. The molecule has 21 heavy (non-hydrogen) atoms. The van der Waals surface area contributed by atoms with Crippen molar-refractivity contribution < 1.29 is 9.53 Å². The summed E-state index contributed by atoms with van der Waals surface area (Å²) in [6.07, 6.45) is 0.989. The lowest BCUT2D eigenvalue weighted by atomic mass is 10.1. The second-order valence-corrected chi connectivity index (χ2v) is 4.77. The fourth-order valence-corrected chi connectivity index (χ4v) is 2.04. The number of H-pyrrole nitrogens is 1. The average Bonchev–Trinajstić information content (AvgIpc) is 2.53. The van der Waals surface area contributed by atoms with E-state index in [0.717, 1.165) is 11.3 Å². The number of carbonyl (C=O) groups is 1. The molecule has 2 aromatic rings. The van der Waals surface area contributed by atoms with Crippen LogP contribution in [0.15, 0.2) is 41.2 Å². The van der Waals surface area contributed by atoms with E-state index in [0.29, 0.717) is 12.8 Å². The van der Waals surface area contributed by atoms with Crippen LogP contribution >= 0.6 is 0 Å². The van der Waals surface area contributed by atoms with Crippen molar-refractivity contribution in [3.8, 4) is 5.75 Å². The van der Waals surface area contributed by atoms with Crippen molar-refractivity contribution in [2.24, 2.45) is 0 Å². The summed E-state index contributed by atoms with van der Waals surface area (Å²) in [5.41, 5.74) is 1.71. The van der Waals surface area contributed by atoms with Crippen molar-refractivity contribution in [3.05, 3.63) is 63.6 Å². The third-order valence-electron chi connectivity index (χ3n) is 3.25. The van der Waals surface area contributed by atoms with Crippen molar-refractivity contribution in [2.45, 2.75) is 33.3 Å². The zero-order valence-corrected chi connectivity index (χ0v) is 12.3. The van der Waals surface area contributed by atoms with Crippen LogP contribution in [0, 0.1) is 0 Å². The zero-order chi connectivity index (χ0) is 15.2. The molecule has 0 amide bonds. The van der Waals surface area contributed by atoms with E-state index >= 15 is 0 Å². The van der Waals surface area contributed by atoms with Crippen molar-refractivity contribution in [2.75, 3.05) is 0 Å². The maximum atomic E-state index is 12.2. The van der Waals surface area contributed by atoms with Gasteiger partial charge in [0.2, 0.25) is 5.43 Å². The van der Waals surface area contributed by atoms with Crippen LogP contribution in [0.5, 0.6) is 5.75 Å². The highest BCUT2D eigenvalue weighted by Crippen LogP contribution is 2.16. The van der Waals surface area contributed by atoms with E-state index in [1.165, 1.54) is 6.07 Å². The molecule has 1 N–H and O–H groups in total. The van der Waals surface area contributed by atoms with Gasteiger partial charge < -0.3 is 9.72 Å². The molecule has 1 aromatic heterocycles. The van der Waals surface area contributed by atoms with Gasteiger partial charge in [-0.15, -0.1) is 0 Å². The lowest BCUT2D eigenvalue weighted by Gasteiger charge is -2.11. The third-order valence-corrected chi connectivity index (χ3v) is 3.25. The molecule has 0 spiro atoms. The second kappa shape index (κ2) is 6.88. The zero-order valence-electron chi connectivity index (χ0n) is 12.3. The highest BCUT2D eigenvalue weighted by atomic mass is 16.5. The molecule has 0 saturated carbocycles. The van der Waals surface area contributed by atoms with Crippen molar-refractivity contribution >= 4 is 5.78 Å².